The molecule has 35 heavy (non-hydrogen) atoms. The van der Waals surface area contributed by atoms with Gasteiger partial charge in [0.1, 0.15) is 16.5 Å². The van der Waals surface area contributed by atoms with Gasteiger partial charge in [0.2, 0.25) is 11.7 Å². The summed E-state index contributed by atoms with van der Waals surface area (Å²) >= 11 is 1.46. The van der Waals surface area contributed by atoms with Gasteiger partial charge in [0, 0.05) is 29.8 Å². The molecule has 188 valence electrons. The maximum absolute atomic E-state index is 13.9. The summed E-state index contributed by atoms with van der Waals surface area (Å²) in [6, 6.07) is 7.16. The minimum Gasteiger partial charge on any atom is -0.333 e. The second-order valence-electron chi connectivity index (χ2n) is 10.1. The number of nitrogens with zero attached hydrogens (tertiary/aromatic N) is 2. The Kier molecular flexibility index (Phi) is 8.50. The first kappa shape index (κ1) is 25.7. The van der Waals surface area contributed by atoms with Crippen LogP contribution in [-0.2, 0) is 9.59 Å². The maximum atomic E-state index is 13.9. The molecule has 1 aliphatic heterocycles. The molecule has 2 aromatic rings. The molecule has 6 nitrogen and oxygen atoms in total. The van der Waals surface area contributed by atoms with Gasteiger partial charge in [-0.05, 0) is 52.5 Å². The van der Waals surface area contributed by atoms with E-state index in [9.17, 15) is 14.4 Å². The van der Waals surface area contributed by atoms with E-state index in [4.69, 9.17) is 4.98 Å². The lowest BCUT2D eigenvalue weighted by molar-refractivity contribution is -0.141. The molecule has 0 bridgehead atoms. The molecule has 2 heterocycles. The molecule has 1 aliphatic carbocycles. The summed E-state index contributed by atoms with van der Waals surface area (Å²) in [6.45, 7) is 4.54. The molecule has 3 atom stereocenters. The summed E-state index contributed by atoms with van der Waals surface area (Å²) < 4.78 is 0. The van der Waals surface area contributed by atoms with Crippen LogP contribution in [0.4, 0.5) is 0 Å². The van der Waals surface area contributed by atoms with Crippen LogP contribution in [0.15, 0.2) is 29.6 Å². The van der Waals surface area contributed by atoms with E-state index in [1.807, 2.05) is 48.4 Å². The predicted molar refractivity (Wildman–Crippen MR) is 139 cm³/mol. The van der Waals surface area contributed by atoms with Crippen molar-refractivity contribution in [2.75, 3.05) is 13.6 Å². The van der Waals surface area contributed by atoms with Crippen molar-refractivity contribution in [3.63, 3.8) is 0 Å². The first-order valence-corrected chi connectivity index (χ1v) is 13.8. The van der Waals surface area contributed by atoms with Gasteiger partial charge in [-0.2, -0.15) is 0 Å². The number of likely N-dealkylation sites (N-methyl/N-ethyl adjacent to an activating group) is 1. The number of ketones is 2. The van der Waals surface area contributed by atoms with Crippen LogP contribution < -0.4 is 5.32 Å². The molecule has 1 saturated heterocycles. The molecule has 1 aromatic carbocycles. The topological polar surface area (TPSA) is 79.4 Å². The Hall–Kier alpha value is -2.38. The fourth-order valence-corrected chi connectivity index (χ4v) is 6.39. The molecule has 2 fully saturated rings. The molecule has 1 aromatic heterocycles. The lowest BCUT2D eigenvalue weighted by Crippen LogP contribution is -2.42. The van der Waals surface area contributed by atoms with Crippen LogP contribution in [0.25, 0.3) is 0 Å². The molecule has 2 aliphatic rings. The number of likely N-dealkylation sites (tertiary alicyclic amines) is 1. The number of rotatable bonds is 9. The number of Topliss-reactive ketones (excluding diaryl/α,β-unsaturated/α-hetero) is 1. The van der Waals surface area contributed by atoms with Gasteiger partial charge in [0.05, 0.1) is 12.1 Å². The number of hydrogen-bond acceptors (Lipinski definition) is 6. The van der Waals surface area contributed by atoms with E-state index in [1.54, 1.807) is 7.05 Å². The zero-order chi connectivity index (χ0) is 24.9. The number of carbonyl (C=O) groups excluding carboxylic acids is 3. The molecule has 1 saturated carbocycles. The van der Waals surface area contributed by atoms with Crippen LogP contribution in [0.2, 0.25) is 0 Å². The number of aromatic nitrogens is 1. The number of aryl methyl sites for hydroxylation is 1. The Morgan fingerprint density at radius 1 is 1.09 bits per heavy atom. The number of hydrogen-bond donors (Lipinski definition) is 1. The number of nitrogens with one attached hydrogen (secondary N) is 1. The molecule has 0 radical (unpaired) electrons. The van der Waals surface area contributed by atoms with E-state index in [0.29, 0.717) is 24.2 Å². The van der Waals surface area contributed by atoms with Gasteiger partial charge >= 0.3 is 0 Å². The van der Waals surface area contributed by atoms with Crippen LogP contribution >= 0.6 is 11.3 Å². The second-order valence-corrected chi connectivity index (χ2v) is 11.0. The van der Waals surface area contributed by atoms with Gasteiger partial charge in [0.15, 0.2) is 0 Å². The van der Waals surface area contributed by atoms with Crippen molar-refractivity contribution >= 4 is 28.8 Å². The number of carbonyl (C=O) groups is 3. The van der Waals surface area contributed by atoms with Crippen LogP contribution in [0.3, 0.4) is 0 Å². The molecular formula is C28H37N3O3S. The van der Waals surface area contributed by atoms with E-state index in [1.165, 1.54) is 17.8 Å². The summed E-state index contributed by atoms with van der Waals surface area (Å²) in [5.41, 5.74) is 2.17. The third kappa shape index (κ3) is 5.89. The molecule has 1 N–H and O–H groups in total. The molecule has 7 heteroatoms. The van der Waals surface area contributed by atoms with Crippen molar-refractivity contribution in [3.05, 3.63) is 51.5 Å². The summed E-state index contributed by atoms with van der Waals surface area (Å²) in [5.74, 6) is 0.105. The first-order valence-electron chi connectivity index (χ1n) is 13.0. The highest BCUT2D eigenvalue weighted by Crippen LogP contribution is 2.39. The Bertz CT molecular complexity index is 1040. The predicted octanol–water partition coefficient (Wildman–Crippen LogP) is 5.11. The Morgan fingerprint density at radius 2 is 1.80 bits per heavy atom. The first-order chi connectivity index (χ1) is 16.9. The van der Waals surface area contributed by atoms with E-state index >= 15 is 0 Å². The van der Waals surface area contributed by atoms with Crippen molar-refractivity contribution in [1.29, 1.82) is 0 Å². The normalized spacial score (nSPS) is 20.5. The number of thiazole rings is 1. The third-order valence-electron chi connectivity index (χ3n) is 7.76. The summed E-state index contributed by atoms with van der Waals surface area (Å²) in [5, 5.41) is 5.67. The third-order valence-corrected chi connectivity index (χ3v) is 8.71. The molecule has 0 spiro atoms. The average molecular weight is 496 g/mol. The fraction of sp³-hybridized carbons (Fsp3) is 0.571. The number of amides is 1. The zero-order valence-electron chi connectivity index (χ0n) is 21.1. The summed E-state index contributed by atoms with van der Waals surface area (Å²) in [7, 11) is 1.79. The monoisotopic (exact) mass is 495 g/mol. The minimum absolute atomic E-state index is 0.0879. The summed E-state index contributed by atoms with van der Waals surface area (Å²) in [6.07, 6.45) is 7.55. The Morgan fingerprint density at radius 3 is 2.49 bits per heavy atom. The lowest BCUT2D eigenvalue weighted by Gasteiger charge is -2.34. The van der Waals surface area contributed by atoms with Gasteiger partial charge < -0.3 is 10.2 Å². The second kappa shape index (κ2) is 11.6. The van der Waals surface area contributed by atoms with Gasteiger partial charge in [0.25, 0.3) is 0 Å². The average Bonchev–Trinajstić information content (AvgIpc) is 3.56. The van der Waals surface area contributed by atoms with Gasteiger partial charge in [-0.3, -0.25) is 14.4 Å². The highest BCUT2D eigenvalue weighted by atomic mass is 32.1. The van der Waals surface area contributed by atoms with Crippen molar-refractivity contribution in [2.24, 2.45) is 11.8 Å². The highest BCUT2D eigenvalue weighted by Gasteiger charge is 2.40. The number of benzene rings is 1. The van der Waals surface area contributed by atoms with Crippen molar-refractivity contribution in [3.8, 4) is 0 Å². The Labute approximate surface area is 212 Å². The van der Waals surface area contributed by atoms with Crippen LogP contribution in [0.5, 0.6) is 0 Å². The highest BCUT2D eigenvalue weighted by molar-refractivity contribution is 7.10. The quantitative estimate of drug-likeness (QED) is 0.489. The van der Waals surface area contributed by atoms with E-state index in [2.05, 4.69) is 5.32 Å². The van der Waals surface area contributed by atoms with E-state index < -0.39 is 0 Å². The zero-order valence-corrected chi connectivity index (χ0v) is 21.9. The standard InChI is InChI=1S/C28H37N3O3S/c1-18-11-13-21(14-12-18)26(33)23-17-35-27(30-23)24-10-7-15-31(24)28(34)22(16-25(32)19(2)29-3)20-8-5-4-6-9-20/h11-14,17,19-20,22,24,29H,4-10,15-16H2,1-3H3/t19-,22-,24-/m0/s1. The van der Waals surface area contributed by atoms with Gasteiger partial charge in [-0.1, -0.05) is 49.1 Å². The smallest absolute Gasteiger partial charge is 0.227 e. The van der Waals surface area contributed by atoms with Crippen molar-refractivity contribution in [1.82, 2.24) is 15.2 Å². The van der Waals surface area contributed by atoms with Crippen LogP contribution in [0.1, 0.15) is 91.0 Å². The molecule has 4 rings (SSSR count). The van der Waals surface area contributed by atoms with Gasteiger partial charge in [-0.25, -0.2) is 4.98 Å². The summed E-state index contributed by atoms with van der Waals surface area (Å²) in [4.78, 5) is 46.4. The molecular weight excluding hydrogens is 458 g/mol. The lowest BCUT2D eigenvalue weighted by atomic mass is 9.76. The minimum atomic E-state index is -0.271. The fourth-order valence-electron chi connectivity index (χ4n) is 5.44. The van der Waals surface area contributed by atoms with Crippen LogP contribution in [-0.4, -0.2) is 47.0 Å². The Balaban J connectivity index is 1.53. The molecule has 0 unspecified atom stereocenters. The van der Waals surface area contributed by atoms with E-state index in [-0.39, 0.29) is 41.4 Å². The molecule has 1 amide bonds. The SMILES string of the molecule is CN[C@@H](C)C(=O)C[C@H](C(=O)N1CCC[C@H]1c1nc(C(=O)c2ccc(C)cc2)cs1)C1CCCCC1. The van der Waals surface area contributed by atoms with Crippen LogP contribution in [0, 0.1) is 18.8 Å². The van der Waals surface area contributed by atoms with Crippen molar-refractivity contribution < 1.29 is 14.4 Å². The van der Waals surface area contributed by atoms with Gasteiger partial charge in [-0.15, -0.1) is 11.3 Å². The van der Waals surface area contributed by atoms with E-state index in [0.717, 1.165) is 49.1 Å². The largest absolute Gasteiger partial charge is 0.333 e. The maximum Gasteiger partial charge on any atom is 0.227 e. The van der Waals surface area contributed by atoms with Crippen molar-refractivity contribution in [2.45, 2.75) is 77.3 Å².